The minimum atomic E-state index is -3.74. The molecule has 0 spiro atoms. The van der Waals surface area contributed by atoms with Crippen LogP contribution in [0.5, 0.6) is 0 Å². The van der Waals surface area contributed by atoms with Crippen LogP contribution in [0.15, 0.2) is 59.5 Å². The zero-order valence-corrected chi connectivity index (χ0v) is 18.0. The molecule has 1 heterocycles. The topological polar surface area (TPSA) is 92.8 Å². The van der Waals surface area contributed by atoms with E-state index in [4.69, 9.17) is 4.74 Å². The summed E-state index contributed by atoms with van der Waals surface area (Å²) in [7, 11) is -2.44. The Hall–Kier alpha value is -2.78. The maximum Gasteiger partial charge on any atom is 0.307 e. The Morgan fingerprint density at radius 2 is 1.71 bits per heavy atom. The maximum absolute atomic E-state index is 13.1. The summed E-state index contributed by atoms with van der Waals surface area (Å²) < 4.78 is 44.6. The van der Waals surface area contributed by atoms with E-state index in [0.717, 1.165) is 17.7 Å². The van der Waals surface area contributed by atoms with E-state index in [1.165, 1.54) is 23.5 Å². The predicted octanol–water partition coefficient (Wildman–Crippen LogP) is 2.65. The predicted molar refractivity (Wildman–Crippen MR) is 112 cm³/mol. The third kappa shape index (κ3) is 5.68. The number of methoxy groups -OCH3 is 1. The molecule has 3 rings (SSSR count). The van der Waals surface area contributed by atoms with Crippen molar-refractivity contribution in [3.8, 4) is 0 Å². The van der Waals surface area contributed by atoms with Crippen LogP contribution in [0, 0.1) is 11.7 Å². The summed E-state index contributed by atoms with van der Waals surface area (Å²) in [5, 5.41) is 2.91. The number of sulfonamides is 1. The molecule has 7 nitrogen and oxygen atoms in total. The first kappa shape index (κ1) is 22.9. The molecule has 2 aromatic rings. The first-order valence-electron chi connectivity index (χ1n) is 9.99. The monoisotopic (exact) mass is 448 g/mol. The number of nitrogens with zero attached hydrogens (tertiary/aromatic N) is 1. The number of nitrogens with one attached hydrogen (secondary N) is 1. The number of carbonyl (C=O) groups is 2. The smallest absolute Gasteiger partial charge is 0.307 e. The molecule has 31 heavy (non-hydrogen) atoms. The number of piperidine rings is 1. The molecule has 1 fully saturated rings. The number of rotatable bonds is 7. The van der Waals surface area contributed by atoms with Gasteiger partial charge in [0.1, 0.15) is 5.82 Å². The number of carbonyl (C=O) groups excluding carboxylic acids is 2. The van der Waals surface area contributed by atoms with Gasteiger partial charge >= 0.3 is 5.97 Å². The highest BCUT2D eigenvalue weighted by molar-refractivity contribution is 7.89. The van der Waals surface area contributed by atoms with Crippen molar-refractivity contribution in [2.24, 2.45) is 5.92 Å². The molecule has 1 aliphatic heterocycles. The number of amides is 1. The summed E-state index contributed by atoms with van der Waals surface area (Å²) >= 11 is 0. The van der Waals surface area contributed by atoms with Crippen molar-refractivity contribution < 1.29 is 27.1 Å². The van der Waals surface area contributed by atoms with Crippen molar-refractivity contribution in [2.45, 2.75) is 30.2 Å². The molecule has 1 saturated heterocycles. The van der Waals surface area contributed by atoms with E-state index in [9.17, 15) is 22.4 Å². The average Bonchev–Trinajstić information content (AvgIpc) is 2.79. The second-order valence-corrected chi connectivity index (χ2v) is 9.32. The molecule has 166 valence electrons. The Morgan fingerprint density at radius 3 is 2.29 bits per heavy atom. The van der Waals surface area contributed by atoms with Gasteiger partial charge in [0.15, 0.2) is 0 Å². The second kappa shape index (κ2) is 10.0. The SMILES string of the molecule is COC(=O)CC(NC(=O)C1CCN(S(=O)(=O)c2ccc(F)cc2)CC1)c1ccccc1. The zero-order valence-electron chi connectivity index (χ0n) is 17.2. The Bertz CT molecular complexity index is 1000. The number of esters is 1. The fourth-order valence-corrected chi connectivity index (χ4v) is 5.06. The van der Waals surface area contributed by atoms with E-state index >= 15 is 0 Å². The second-order valence-electron chi connectivity index (χ2n) is 7.38. The molecule has 9 heteroatoms. The number of hydrogen-bond donors (Lipinski definition) is 1. The fraction of sp³-hybridized carbons (Fsp3) is 0.364. The standard InChI is InChI=1S/C22H25FN2O5S/c1-30-21(26)15-20(16-5-3-2-4-6-16)24-22(27)17-11-13-25(14-12-17)31(28,29)19-9-7-18(23)8-10-19/h2-10,17,20H,11-15H2,1H3,(H,24,27). The Kier molecular flexibility index (Phi) is 7.40. The molecule has 0 radical (unpaired) electrons. The lowest BCUT2D eigenvalue weighted by molar-refractivity contribution is -0.141. The highest BCUT2D eigenvalue weighted by Crippen LogP contribution is 2.25. The molecule has 0 bridgehead atoms. The van der Waals surface area contributed by atoms with E-state index in [1.54, 1.807) is 0 Å². The van der Waals surface area contributed by atoms with Crippen LogP contribution in [0.1, 0.15) is 30.9 Å². The van der Waals surface area contributed by atoms with Crippen molar-refractivity contribution in [3.05, 3.63) is 66.0 Å². The molecule has 1 amide bonds. The van der Waals surface area contributed by atoms with Gasteiger partial charge in [0.05, 0.1) is 24.5 Å². The first-order valence-corrected chi connectivity index (χ1v) is 11.4. The number of hydrogen-bond acceptors (Lipinski definition) is 5. The molecular formula is C22H25FN2O5S. The van der Waals surface area contributed by atoms with Crippen LogP contribution in [0.3, 0.4) is 0 Å². The average molecular weight is 449 g/mol. The van der Waals surface area contributed by atoms with Gasteiger partial charge in [-0.05, 0) is 42.7 Å². The van der Waals surface area contributed by atoms with Gasteiger partial charge in [-0.1, -0.05) is 30.3 Å². The molecule has 0 aliphatic carbocycles. The van der Waals surface area contributed by atoms with Crippen molar-refractivity contribution in [3.63, 3.8) is 0 Å². The van der Waals surface area contributed by atoms with E-state index in [1.807, 2.05) is 30.3 Å². The normalized spacial score (nSPS) is 16.5. The lowest BCUT2D eigenvalue weighted by Crippen LogP contribution is -2.43. The molecular weight excluding hydrogens is 423 g/mol. The quantitative estimate of drug-likeness (QED) is 0.658. The van der Waals surface area contributed by atoms with Crippen LogP contribution < -0.4 is 5.32 Å². The van der Waals surface area contributed by atoms with Gasteiger partial charge in [-0.2, -0.15) is 4.31 Å². The van der Waals surface area contributed by atoms with Gasteiger partial charge in [0.25, 0.3) is 0 Å². The number of ether oxygens (including phenoxy) is 1. The molecule has 1 unspecified atom stereocenters. The largest absolute Gasteiger partial charge is 0.469 e. The summed E-state index contributed by atoms with van der Waals surface area (Å²) in [6.45, 7) is 0.371. The summed E-state index contributed by atoms with van der Waals surface area (Å²) in [5.41, 5.74) is 0.789. The first-order chi connectivity index (χ1) is 14.8. The van der Waals surface area contributed by atoms with Crippen molar-refractivity contribution in [1.29, 1.82) is 0 Å². The van der Waals surface area contributed by atoms with Gasteiger partial charge in [-0.25, -0.2) is 12.8 Å². The van der Waals surface area contributed by atoms with Crippen LogP contribution in [-0.2, 0) is 24.3 Å². The Balaban J connectivity index is 1.63. The molecule has 1 aliphatic rings. The molecule has 2 aromatic carbocycles. The highest BCUT2D eigenvalue weighted by Gasteiger charge is 2.33. The van der Waals surface area contributed by atoms with Crippen molar-refractivity contribution >= 4 is 21.9 Å². The lowest BCUT2D eigenvalue weighted by atomic mass is 9.95. The third-order valence-electron chi connectivity index (χ3n) is 5.39. The summed E-state index contributed by atoms with van der Waals surface area (Å²) in [4.78, 5) is 24.7. The van der Waals surface area contributed by atoms with Crippen LogP contribution in [0.4, 0.5) is 4.39 Å². The van der Waals surface area contributed by atoms with Gasteiger partial charge in [0.2, 0.25) is 15.9 Å². The minimum Gasteiger partial charge on any atom is -0.469 e. The zero-order chi connectivity index (χ0) is 22.4. The summed E-state index contributed by atoms with van der Waals surface area (Å²) in [6, 6.07) is 13.3. The minimum absolute atomic E-state index is 0.00401. The molecule has 1 N–H and O–H groups in total. The molecule has 0 aromatic heterocycles. The van der Waals surface area contributed by atoms with Crippen LogP contribution >= 0.6 is 0 Å². The fourth-order valence-electron chi connectivity index (χ4n) is 3.59. The molecule has 1 atom stereocenters. The third-order valence-corrected chi connectivity index (χ3v) is 7.31. The van der Waals surface area contributed by atoms with Crippen LogP contribution in [0.25, 0.3) is 0 Å². The summed E-state index contributed by atoms with van der Waals surface area (Å²) in [5.74, 6) is -1.54. The van der Waals surface area contributed by atoms with Gasteiger partial charge in [-0.3, -0.25) is 9.59 Å². The highest BCUT2D eigenvalue weighted by atomic mass is 32.2. The Morgan fingerprint density at radius 1 is 1.10 bits per heavy atom. The van der Waals surface area contributed by atoms with E-state index in [2.05, 4.69) is 5.32 Å². The van der Waals surface area contributed by atoms with Gasteiger partial charge < -0.3 is 10.1 Å². The number of benzene rings is 2. The lowest BCUT2D eigenvalue weighted by Gasteiger charge is -2.31. The van der Waals surface area contributed by atoms with Crippen molar-refractivity contribution in [2.75, 3.05) is 20.2 Å². The van der Waals surface area contributed by atoms with Crippen molar-refractivity contribution in [1.82, 2.24) is 9.62 Å². The van der Waals surface area contributed by atoms with E-state index in [-0.39, 0.29) is 36.2 Å². The van der Waals surface area contributed by atoms with E-state index < -0.39 is 27.9 Å². The maximum atomic E-state index is 13.1. The Labute approximate surface area is 181 Å². The van der Waals surface area contributed by atoms with E-state index in [0.29, 0.717) is 12.8 Å². The molecule has 0 saturated carbocycles. The van der Waals surface area contributed by atoms with Gasteiger partial charge in [-0.15, -0.1) is 0 Å². The number of halogens is 1. The van der Waals surface area contributed by atoms with Gasteiger partial charge in [0, 0.05) is 19.0 Å². The van der Waals surface area contributed by atoms with Crippen LogP contribution in [0.2, 0.25) is 0 Å². The van der Waals surface area contributed by atoms with Crippen LogP contribution in [-0.4, -0.2) is 44.8 Å². The summed E-state index contributed by atoms with van der Waals surface area (Å²) in [6.07, 6.45) is 0.710.